The second-order valence-electron chi connectivity index (χ2n) is 12.2. The van der Waals surface area contributed by atoms with Crippen molar-refractivity contribution in [1.29, 1.82) is 0 Å². The van der Waals surface area contributed by atoms with Crippen molar-refractivity contribution in [1.82, 2.24) is 10.2 Å². The summed E-state index contributed by atoms with van der Waals surface area (Å²) in [5, 5.41) is 16.7. The van der Waals surface area contributed by atoms with Crippen LogP contribution in [-0.2, 0) is 25.7 Å². The topological polar surface area (TPSA) is 117 Å². The van der Waals surface area contributed by atoms with Gasteiger partial charge in [-0.3, -0.25) is 14.4 Å². The fraction of sp³-hybridized carbons (Fsp3) is 0.400. The SMILES string of the molecule is CCOc1ccc(NC(=O)[C@@H]2[C@H]3C(=O)N([C@H](CO)c4ccccc4)C(C(=O)NCc4ccccc4)C34CC(C)[C@@]2(C)O4)cc1. The number of amides is 3. The molecule has 3 heterocycles. The summed E-state index contributed by atoms with van der Waals surface area (Å²) in [5.41, 5.74) is -0.0265. The molecule has 0 radical (unpaired) electrons. The molecule has 0 aliphatic carbocycles. The first kappa shape index (κ1) is 29.8. The average Bonchev–Trinajstić information content (AvgIpc) is 3.55. The van der Waals surface area contributed by atoms with E-state index in [1.807, 2.05) is 81.4 Å². The number of benzene rings is 3. The van der Waals surface area contributed by atoms with Gasteiger partial charge in [-0.2, -0.15) is 0 Å². The Labute approximate surface area is 257 Å². The minimum atomic E-state index is -1.24. The molecule has 0 saturated carbocycles. The van der Waals surface area contributed by atoms with Gasteiger partial charge in [-0.05, 0) is 61.6 Å². The molecule has 230 valence electrons. The van der Waals surface area contributed by atoms with E-state index in [2.05, 4.69) is 10.6 Å². The number of aliphatic hydroxyl groups is 1. The lowest BCUT2D eigenvalue weighted by molar-refractivity contribution is -0.150. The number of ether oxygens (including phenoxy) is 2. The predicted octanol–water partition coefficient (Wildman–Crippen LogP) is 4.08. The Kier molecular flexibility index (Phi) is 7.94. The van der Waals surface area contributed by atoms with Gasteiger partial charge in [0.25, 0.3) is 0 Å². The molecule has 3 amide bonds. The van der Waals surface area contributed by atoms with E-state index in [9.17, 15) is 19.5 Å². The fourth-order valence-corrected chi connectivity index (χ4v) is 7.64. The van der Waals surface area contributed by atoms with Gasteiger partial charge in [0.2, 0.25) is 17.7 Å². The number of hydrogen-bond acceptors (Lipinski definition) is 6. The molecule has 6 rings (SSSR count). The van der Waals surface area contributed by atoms with E-state index in [-0.39, 0.29) is 30.2 Å². The van der Waals surface area contributed by atoms with Crippen LogP contribution in [0, 0.1) is 17.8 Å². The van der Waals surface area contributed by atoms with Gasteiger partial charge in [0.05, 0.1) is 36.7 Å². The number of anilines is 1. The zero-order chi connectivity index (χ0) is 31.1. The van der Waals surface area contributed by atoms with Crippen LogP contribution in [0.25, 0.3) is 0 Å². The Morgan fingerprint density at radius 2 is 1.68 bits per heavy atom. The maximum Gasteiger partial charge on any atom is 0.246 e. The molecule has 3 fully saturated rings. The van der Waals surface area contributed by atoms with Gasteiger partial charge in [-0.25, -0.2) is 0 Å². The standard InChI is InChI=1S/C35H39N3O6/c1-4-43-26-17-15-25(16-18-26)37-31(40)28-29-33(42)38(27(21-39)24-13-9-6-10-14-24)30(35(29)19-22(2)34(28,3)44-35)32(41)36-20-23-11-7-5-8-12-23/h5-18,22,27-30,39H,4,19-21H2,1-3H3,(H,36,41)(H,37,40)/t22?,27-,28+,29+,30?,34-,35?/m1/s1. The molecule has 3 aliphatic rings. The zero-order valence-electron chi connectivity index (χ0n) is 25.2. The van der Waals surface area contributed by atoms with Crippen molar-refractivity contribution in [3.05, 3.63) is 96.1 Å². The van der Waals surface area contributed by atoms with Crippen molar-refractivity contribution in [2.45, 2.75) is 57.0 Å². The van der Waals surface area contributed by atoms with Crippen LogP contribution < -0.4 is 15.4 Å². The van der Waals surface area contributed by atoms with E-state index in [4.69, 9.17) is 9.47 Å². The number of rotatable bonds is 10. The molecular weight excluding hydrogens is 558 g/mol. The van der Waals surface area contributed by atoms with E-state index in [1.54, 1.807) is 24.3 Å². The molecule has 3 aromatic carbocycles. The van der Waals surface area contributed by atoms with E-state index in [0.29, 0.717) is 30.0 Å². The largest absolute Gasteiger partial charge is 0.494 e. The molecule has 1 spiro atoms. The highest BCUT2D eigenvalue weighted by Crippen LogP contribution is 2.66. The number of nitrogens with zero attached hydrogens (tertiary/aromatic N) is 1. The smallest absolute Gasteiger partial charge is 0.246 e. The Morgan fingerprint density at radius 3 is 2.32 bits per heavy atom. The molecule has 0 aromatic heterocycles. The van der Waals surface area contributed by atoms with Gasteiger partial charge >= 0.3 is 0 Å². The van der Waals surface area contributed by atoms with Gasteiger partial charge in [-0.1, -0.05) is 67.6 Å². The van der Waals surface area contributed by atoms with Crippen LogP contribution in [0.3, 0.4) is 0 Å². The van der Waals surface area contributed by atoms with Crippen LogP contribution in [0.4, 0.5) is 5.69 Å². The molecule has 9 heteroatoms. The summed E-state index contributed by atoms with van der Waals surface area (Å²) in [6, 6.07) is 24.0. The van der Waals surface area contributed by atoms with Gasteiger partial charge in [-0.15, -0.1) is 0 Å². The van der Waals surface area contributed by atoms with Gasteiger partial charge in [0.15, 0.2) is 0 Å². The number of fused-ring (bicyclic) bond motifs is 1. The van der Waals surface area contributed by atoms with E-state index in [0.717, 1.165) is 5.56 Å². The fourth-order valence-electron chi connectivity index (χ4n) is 7.64. The van der Waals surface area contributed by atoms with Crippen molar-refractivity contribution in [3.8, 4) is 5.75 Å². The molecular formula is C35H39N3O6. The lowest BCUT2D eigenvalue weighted by Gasteiger charge is -2.37. The van der Waals surface area contributed by atoms with Crippen molar-refractivity contribution in [2.24, 2.45) is 17.8 Å². The third-order valence-corrected chi connectivity index (χ3v) is 9.72. The van der Waals surface area contributed by atoms with E-state index < -0.39 is 41.7 Å². The first-order valence-electron chi connectivity index (χ1n) is 15.3. The average molecular weight is 598 g/mol. The van der Waals surface area contributed by atoms with E-state index >= 15 is 0 Å². The molecule has 7 atom stereocenters. The van der Waals surface area contributed by atoms with Crippen LogP contribution in [-0.4, -0.2) is 58.2 Å². The Bertz CT molecular complexity index is 1520. The number of hydrogen-bond donors (Lipinski definition) is 3. The normalized spacial score (nSPS) is 29.3. The van der Waals surface area contributed by atoms with Crippen LogP contribution in [0.2, 0.25) is 0 Å². The van der Waals surface area contributed by atoms with Crippen molar-refractivity contribution >= 4 is 23.4 Å². The highest BCUT2D eigenvalue weighted by atomic mass is 16.5. The lowest BCUT2D eigenvalue weighted by Crippen LogP contribution is -2.56. The molecule has 3 aliphatic heterocycles. The molecule has 3 N–H and O–H groups in total. The number of aliphatic hydroxyl groups excluding tert-OH is 1. The van der Waals surface area contributed by atoms with Crippen LogP contribution in [0.1, 0.15) is 44.4 Å². The molecule has 44 heavy (non-hydrogen) atoms. The van der Waals surface area contributed by atoms with Gasteiger partial charge in [0, 0.05) is 12.2 Å². The Hall–Kier alpha value is -4.21. The lowest BCUT2D eigenvalue weighted by atomic mass is 9.62. The van der Waals surface area contributed by atoms with E-state index in [1.165, 1.54) is 4.90 Å². The number of carbonyl (C=O) groups is 3. The molecule has 3 aromatic rings. The highest BCUT2D eigenvalue weighted by molar-refractivity contribution is 6.02. The number of likely N-dealkylation sites (tertiary alicyclic amines) is 1. The first-order valence-corrected chi connectivity index (χ1v) is 15.3. The van der Waals surface area contributed by atoms with Crippen molar-refractivity contribution in [2.75, 3.05) is 18.5 Å². The maximum absolute atomic E-state index is 14.6. The summed E-state index contributed by atoms with van der Waals surface area (Å²) in [6.45, 7) is 6.19. The van der Waals surface area contributed by atoms with Crippen LogP contribution in [0.5, 0.6) is 5.75 Å². The van der Waals surface area contributed by atoms with Gasteiger partial charge in [0.1, 0.15) is 17.4 Å². The third-order valence-electron chi connectivity index (χ3n) is 9.72. The monoisotopic (exact) mass is 597 g/mol. The quantitative estimate of drug-likeness (QED) is 0.324. The summed E-state index contributed by atoms with van der Waals surface area (Å²) in [4.78, 5) is 44.5. The predicted molar refractivity (Wildman–Crippen MR) is 164 cm³/mol. The van der Waals surface area contributed by atoms with Gasteiger partial charge < -0.3 is 30.1 Å². The minimum absolute atomic E-state index is 0.115. The third kappa shape index (κ3) is 4.84. The Balaban J connectivity index is 1.38. The van der Waals surface area contributed by atoms with Crippen molar-refractivity contribution in [3.63, 3.8) is 0 Å². The summed E-state index contributed by atoms with van der Waals surface area (Å²) >= 11 is 0. The molecule has 9 nitrogen and oxygen atoms in total. The molecule has 3 saturated heterocycles. The minimum Gasteiger partial charge on any atom is -0.494 e. The second kappa shape index (κ2) is 11.7. The zero-order valence-corrected chi connectivity index (χ0v) is 25.2. The molecule has 2 bridgehead atoms. The number of nitrogens with one attached hydrogen (secondary N) is 2. The first-order chi connectivity index (χ1) is 21.2. The summed E-state index contributed by atoms with van der Waals surface area (Å²) < 4.78 is 12.4. The van der Waals surface area contributed by atoms with Crippen molar-refractivity contribution < 1.29 is 29.0 Å². The summed E-state index contributed by atoms with van der Waals surface area (Å²) in [5.74, 6) is -2.26. The highest BCUT2D eigenvalue weighted by Gasteiger charge is 2.80. The summed E-state index contributed by atoms with van der Waals surface area (Å²) in [6.07, 6.45) is 0.430. The molecule has 3 unspecified atom stereocenters. The summed E-state index contributed by atoms with van der Waals surface area (Å²) in [7, 11) is 0. The second-order valence-corrected chi connectivity index (χ2v) is 12.2. The van der Waals surface area contributed by atoms with Crippen LogP contribution in [0.15, 0.2) is 84.9 Å². The number of carbonyl (C=O) groups excluding carboxylic acids is 3. The Morgan fingerprint density at radius 1 is 1.02 bits per heavy atom. The maximum atomic E-state index is 14.6. The van der Waals surface area contributed by atoms with Crippen LogP contribution >= 0.6 is 0 Å².